The summed E-state index contributed by atoms with van der Waals surface area (Å²) in [5.74, 6) is 1.22. The number of nitrogens with two attached hydrogens (primary N) is 1. The van der Waals surface area contributed by atoms with Crippen molar-refractivity contribution in [1.29, 1.82) is 0 Å². The van der Waals surface area contributed by atoms with E-state index in [4.69, 9.17) is 5.73 Å². The second kappa shape index (κ2) is 6.92. The van der Waals surface area contributed by atoms with Crippen LogP contribution in [-0.4, -0.2) is 22.0 Å². The van der Waals surface area contributed by atoms with Crippen LogP contribution in [0.25, 0.3) is 0 Å². The largest absolute Gasteiger partial charge is 0.399 e. The fraction of sp³-hybridized carbons (Fsp3) is 0.375. The topological polar surface area (TPSA) is 72.9 Å². The molecule has 2 rings (SSSR count). The number of carbonyl (C=O) groups is 1. The third-order valence-corrected chi connectivity index (χ3v) is 3.59. The van der Waals surface area contributed by atoms with Crippen molar-refractivity contribution in [2.75, 3.05) is 12.3 Å². The lowest BCUT2D eigenvalue weighted by Gasteiger charge is -2.12. The molecule has 112 valence electrons. The minimum Gasteiger partial charge on any atom is -0.399 e. The lowest BCUT2D eigenvalue weighted by atomic mass is 9.97. The molecule has 1 unspecified atom stereocenters. The van der Waals surface area contributed by atoms with Crippen LogP contribution in [0.2, 0.25) is 0 Å². The van der Waals surface area contributed by atoms with Crippen molar-refractivity contribution < 1.29 is 4.79 Å². The Hall–Kier alpha value is -2.30. The van der Waals surface area contributed by atoms with E-state index in [-0.39, 0.29) is 11.8 Å². The van der Waals surface area contributed by atoms with Crippen LogP contribution in [0.1, 0.15) is 30.7 Å². The number of hydrogen-bond acceptors (Lipinski definition) is 3. The van der Waals surface area contributed by atoms with Crippen molar-refractivity contribution in [2.24, 2.45) is 7.05 Å². The SMILES string of the molecule is CC(CC(=O)NCCc1nccn1C)c1ccc(N)cc1. The fourth-order valence-electron chi connectivity index (χ4n) is 2.24. The predicted octanol–water partition coefficient (Wildman–Crippen LogP) is 1.85. The Labute approximate surface area is 125 Å². The average Bonchev–Trinajstić information content (AvgIpc) is 2.85. The number of nitrogens with one attached hydrogen (secondary N) is 1. The Morgan fingerprint density at radius 3 is 2.71 bits per heavy atom. The summed E-state index contributed by atoms with van der Waals surface area (Å²) in [6.45, 7) is 2.65. The molecule has 1 atom stereocenters. The molecule has 0 aliphatic carbocycles. The van der Waals surface area contributed by atoms with E-state index in [0.29, 0.717) is 13.0 Å². The van der Waals surface area contributed by atoms with E-state index in [1.165, 1.54) is 0 Å². The monoisotopic (exact) mass is 286 g/mol. The standard InChI is InChI=1S/C16H22N4O/c1-12(13-3-5-14(17)6-4-13)11-16(21)19-8-7-15-18-9-10-20(15)2/h3-6,9-10,12H,7-8,11,17H2,1-2H3,(H,19,21). The van der Waals surface area contributed by atoms with Crippen molar-refractivity contribution in [1.82, 2.24) is 14.9 Å². The lowest BCUT2D eigenvalue weighted by Crippen LogP contribution is -2.27. The van der Waals surface area contributed by atoms with E-state index in [1.807, 2.05) is 49.0 Å². The molecule has 0 spiro atoms. The molecule has 2 aromatic rings. The van der Waals surface area contributed by atoms with Gasteiger partial charge in [-0.05, 0) is 23.6 Å². The smallest absolute Gasteiger partial charge is 0.220 e. The summed E-state index contributed by atoms with van der Waals surface area (Å²) in [4.78, 5) is 16.2. The first kappa shape index (κ1) is 15.1. The molecule has 1 amide bonds. The zero-order chi connectivity index (χ0) is 15.2. The fourth-order valence-corrected chi connectivity index (χ4v) is 2.24. The van der Waals surface area contributed by atoms with Crippen LogP contribution >= 0.6 is 0 Å². The molecule has 0 radical (unpaired) electrons. The number of hydrogen-bond donors (Lipinski definition) is 2. The Kier molecular flexibility index (Phi) is 4.98. The van der Waals surface area contributed by atoms with Crippen LogP contribution in [0.4, 0.5) is 5.69 Å². The van der Waals surface area contributed by atoms with Gasteiger partial charge in [0, 0.05) is 44.5 Å². The summed E-state index contributed by atoms with van der Waals surface area (Å²) in [6.07, 6.45) is 4.89. The molecule has 0 bridgehead atoms. The lowest BCUT2D eigenvalue weighted by molar-refractivity contribution is -0.121. The third-order valence-electron chi connectivity index (χ3n) is 3.59. The van der Waals surface area contributed by atoms with Crippen molar-refractivity contribution in [2.45, 2.75) is 25.7 Å². The van der Waals surface area contributed by atoms with Crippen molar-refractivity contribution in [3.8, 4) is 0 Å². The van der Waals surface area contributed by atoms with Gasteiger partial charge in [0.25, 0.3) is 0 Å². The van der Waals surface area contributed by atoms with E-state index in [9.17, 15) is 4.79 Å². The first-order valence-corrected chi connectivity index (χ1v) is 7.14. The van der Waals surface area contributed by atoms with Gasteiger partial charge >= 0.3 is 0 Å². The summed E-state index contributed by atoms with van der Waals surface area (Å²) in [5.41, 5.74) is 7.53. The third kappa shape index (κ3) is 4.34. The number of carbonyl (C=O) groups excluding carboxylic acids is 1. The van der Waals surface area contributed by atoms with Gasteiger partial charge in [-0.15, -0.1) is 0 Å². The summed E-state index contributed by atoms with van der Waals surface area (Å²) in [5, 5.41) is 2.94. The highest BCUT2D eigenvalue weighted by Crippen LogP contribution is 2.19. The van der Waals surface area contributed by atoms with E-state index in [0.717, 1.165) is 23.5 Å². The molecule has 1 aromatic carbocycles. The van der Waals surface area contributed by atoms with Gasteiger partial charge in [-0.25, -0.2) is 4.98 Å². The van der Waals surface area contributed by atoms with Crippen LogP contribution in [0.5, 0.6) is 0 Å². The van der Waals surface area contributed by atoms with E-state index < -0.39 is 0 Å². The molecule has 5 heteroatoms. The van der Waals surface area contributed by atoms with Crippen LogP contribution in [0.3, 0.4) is 0 Å². The molecule has 1 aromatic heterocycles. The molecule has 1 heterocycles. The number of anilines is 1. The van der Waals surface area contributed by atoms with E-state index in [1.54, 1.807) is 6.20 Å². The molecule has 5 nitrogen and oxygen atoms in total. The minimum atomic E-state index is 0.0635. The number of aromatic nitrogens is 2. The van der Waals surface area contributed by atoms with Crippen molar-refractivity contribution in [3.63, 3.8) is 0 Å². The van der Waals surface area contributed by atoms with Gasteiger partial charge in [0.05, 0.1) is 0 Å². The molecule has 0 aliphatic rings. The first-order valence-electron chi connectivity index (χ1n) is 7.14. The molecular formula is C16H22N4O. The van der Waals surface area contributed by atoms with Gasteiger partial charge in [-0.3, -0.25) is 4.79 Å². The summed E-state index contributed by atoms with van der Waals surface area (Å²) in [7, 11) is 1.95. The second-order valence-corrected chi connectivity index (χ2v) is 5.33. The second-order valence-electron chi connectivity index (χ2n) is 5.33. The number of rotatable bonds is 6. The number of nitrogen functional groups attached to an aromatic ring is 1. The maximum atomic E-state index is 11.9. The van der Waals surface area contributed by atoms with Crippen molar-refractivity contribution >= 4 is 11.6 Å². The molecular weight excluding hydrogens is 264 g/mol. The van der Waals surface area contributed by atoms with Gasteiger partial charge < -0.3 is 15.6 Å². The number of benzene rings is 1. The van der Waals surface area contributed by atoms with Crippen molar-refractivity contribution in [3.05, 3.63) is 48.0 Å². The number of nitrogens with zero attached hydrogens (tertiary/aromatic N) is 2. The molecule has 0 aliphatic heterocycles. The van der Waals surface area contributed by atoms with E-state index in [2.05, 4.69) is 10.3 Å². The van der Waals surface area contributed by atoms with Crippen LogP contribution in [0, 0.1) is 0 Å². The van der Waals surface area contributed by atoms with Gasteiger partial charge in [0.2, 0.25) is 5.91 Å². The number of aryl methyl sites for hydroxylation is 1. The highest BCUT2D eigenvalue weighted by Gasteiger charge is 2.11. The maximum Gasteiger partial charge on any atom is 0.220 e. The molecule has 0 saturated carbocycles. The Morgan fingerprint density at radius 1 is 1.38 bits per heavy atom. The van der Waals surface area contributed by atoms with Crippen LogP contribution in [-0.2, 0) is 18.3 Å². The summed E-state index contributed by atoms with van der Waals surface area (Å²) in [6, 6.07) is 7.68. The number of imidazole rings is 1. The van der Waals surface area contributed by atoms with Gasteiger partial charge in [0.1, 0.15) is 5.82 Å². The quantitative estimate of drug-likeness (QED) is 0.796. The molecule has 21 heavy (non-hydrogen) atoms. The highest BCUT2D eigenvalue weighted by molar-refractivity contribution is 5.76. The highest BCUT2D eigenvalue weighted by atomic mass is 16.1. The maximum absolute atomic E-state index is 11.9. The predicted molar refractivity (Wildman–Crippen MR) is 83.8 cm³/mol. The Morgan fingerprint density at radius 2 is 2.10 bits per heavy atom. The van der Waals surface area contributed by atoms with Gasteiger partial charge in [0.15, 0.2) is 0 Å². The molecule has 0 saturated heterocycles. The zero-order valence-corrected chi connectivity index (χ0v) is 12.5. The zero-order valence-electron chi connectivity index (χ0n) is 12.5. The first-order chi connectivity index (χ1) is 10.1. The minimum absolute atomic E-state index is 0.0635. The molecule has 0 fully saturated rings. The Bertz CT molecular complexity index is 589. The summed E-state index contributed by atoms with van der Waals surface area (Å²) < 4.78 is 1.96. The number of amides is 1. The van der Waals surface area contributed by atoms with Crippen LogP contribution in [0.15, 0.2) is 36.7 Å². The van der Waals surface area contributed by atoms with E-state index >= 15 is 0 Å². The van der Waals surface area contributed by atoms with Gasteiger partial charge in [-0.2, -0.15) is 0 Å². The normalized spacial score (nSPS) is 12.1. The molecule has 3 N–H and O–H groups in total. The van der Waals surface area contributed by atoms with Crippen LogP contribution < -0.4 is 11.1 Å². The summed E-state index contributed by atoms with van der Waals surface area (Å²) >= 11 is 0. The van der Waals surface area contributed by atoms with Gasteiger partial charge in [-0.1, -0.05) is 19.1 Å². The average molecular weight is 286 g/mol. The Balaban J connectivity index is 1.76.